The van der Waals surface area contributed by atoms with Crippen LogP contribution in [0, 0.1) is 5.82 Å². The maximum Gasteiger partial charge on any atom is 0.279 e. The van der Waals surface area contributed by atoms with Gasteiger partial charge >= 0.3 is 0 Å². The van der Waals surface area contributed by atoms with Crippen LogP contribution in [-0.4, -0.2) is 39.8 Å². The Kier molecular flexibility index (Phi) is 6.82. The summed E-state index contributed by atoms with van der Waals surface area (Å²) in [6.07, 6.45) is 0.169. The maximum atomic E-state index is 14.0. The fourth-order valence-electron chi connectivity index (χ4n) is 3.72. The lowest BCUT2D eigenvalue weighted by Crippen LogP contribution is -2.27. The number of nitrogens with one attached hydrogen (secondary N) is 1. The minimum atomic E-state index is -4.10. The molecule has 1 unspecified atom stereocenters. The molecular formula is C24H24FN3O5S2. The fourth-order valence-corrected chi connectivity index (χ4v) is 5.78. The van der Waals surface area contributed by atoms with Crippen molar-refractivity contribution in [3.8, 4) is 5.75 Å². The van der Waals surface area contributed by atoms with E-state index in [-0.39, 0.29) is 17.1 Å². The first-order valence-corrected chi connectivity index (χ1v) is 13.8. The summed E-state index contributed by atoms with van der Waals surface area (Å²) in [4.78, 5) is 0.00848. The Morgan fingerprint density at radius 2 is 1.74 bits per heavy atom. The Balaban J connectivity index is 1.76. The molecule has 8 nitrogen and oxygen atoms in total. The third-order valence-electron chi connectivity index (χ3n) is 5.56. The molecule has 0 saturated heterocycles. The first kappa shape index (κ1) is 24.7. The number of benzene rings is 3. The molecule has 0 aliphatic carbocycles. The van der Waals surface area contributed by atoms with E-state index >= 15 is 0 Å². The minimum Gasteiger partial charge on any atom is -0.497 e. The first-order valence-electron chi connectivity index (χ1n) is 10.8. The zero-order valence-corrected chi connectivity index (χ0v) is 20.7. The molecule has 1 heterocycles. The number of nitrogens with zero attached hydrogens (tertiary/aromatic N) is 2. The second-order valence-electron chi connectivity index (χ2n) is 7.86. The molecule has 1 aliphatic rings. The summed E-state index contributed by atoms with van der Waals surface area (Å²) >= 11 is 0. The van der Waals surface area contributed by atoms with Crippen molar-refractivity contribution in [1.29, 1.82) is 0 Å². The normalized spacial score (nSPS) is 16.1. The quantitative estimate of drug-likeness (QED) is 0.484. The predicted octanol–water partition coefficient (Wildman–Crippen LogP) is 4.14. The summed E-state index contributed by atoms with van der Waals surface area (Å²) in [5, 5.41) is 4.43. The minimum absolute atomic E-state index is 0.00848. The van der Waals surface area contributed by atoms with Crippen LogP contribution < -0.4 is 9.46 Å². The number of sulfonamides is 2. The molecule has 11 heteroatoms. The van der Waals surface area contributed by atoms with Gasteiger partial charge in [-0.15, -0.1) is 0 Å². The van der Waals surface area contributed by atoms with Crippen molar-refractivity contribution in [3.63, 3.8) is 0 Å². The Hall–Kier alpha value is -3.44. The molecule has 184 valence electrons. The molecule has 0 saturated carbocycles. The van der Waals surface area contributed by atoms with E-state index in [1.807, 2.05) is 0 Å². The van der Waals surface area contributed by atoms with Crippen LogP contribution in [0.5, 0.6) is 5.75 Å². The van der Waals surface area contributed by atoms with Crippen LogP contribution in [0.4, 0.5) is 10.1 Å². The average molecular weight is 518 g/mol. The highest BCUT2D eigenvalue weighted by Crippen LogP contribution is 2.38. The van der Waals surface area contributed by atoms with E-state index < -0.39 is 31.9 Å². The summed E-state index contributed by atoms with van der Waals surface area (Å²) in [6, 6.07) is 17.4. The van der Waals surface area contributed by atoms with E-state index in [2.05, 4.69) is 9.82 Å². The second kappa shape index (κ2) is 9.67. The van der Waals surface area contributed by atoms with E-state index in [9.17, 15) is 21.2 Å². The highest BCUT2D eigenvalue weighted by molar-refractivity contribution is 7.92. The summed E-state index contributed by atoms with van der Waals surface area (Å²) in [7, 11) is -6.12. The van der Waals surface area contributed by atoms with Crippen LogP contribution in [0.15, 0.2) is 82.8 Å². The Morgan fingerprint density at radius 3 is 2.40 bits per heavy atom. The van der Waals surface area contributed by atoms with Crippen LogP contribution in [-0.2, 0) is 20.0 Å². The number of anilines is 1. The molecule has 0 bridgehead atoms. The molecule has 0 radical (unpaired) electrons. The van der Waals surface area contributed by atoms with Gasteiger partial charge in [-0.1, -0.05) is 24.3 Å². The van der Waals surface area contributed by atoms with Gasteiger partial charge in [-0.2, -0.15) is 17.9 Å². The van der Waals surface area contributed by atoms with Crippen molar-refractivity contribution < 1.29 is 26.0 Å². The topological polar surface area (TPSA) is 105 Å². The number of halogens is 1. The van der Waals surface area contributed by atoms with Gasteiger partial charge in [-0.05, 0) is 66.6 Å². The monoisotopic (exact) mass is 517 g/mol. The third-order valence-corrected chi connectivity index (χ3v) is 8.56. The third kappa shape index (κ3) is 5.30. The number of hydrogen-bond donors (Lipinski definition) is 1. The van der Waals surface area contributed by atoms with Crippen LogP contribution in [0.25, 0.3) is 0 Å². The molecule has 0 aromatic heterocycles. The van der Waals surface area contributed by atoms with Gasteiger partial charge in [-0.25, -0.2) is 12.8 Å². The number of hydrazone groups is 1. The van der Waals surface area contributed by atoms with E-state index in [0.29, 0.717) is 28.3 Å². The largest absolute Gasteiger partial charge is 0.497 e. The van der Waals surface area contributed by atoms with E-state index in [4.69, 9.17) is 4.74 Å². The SMILES string of the molecule is CCS(=O)(=O)Nc1cccc(C2=NN(S(=O)(=O)c3ccc(OC)cc3)C(c3cccc(F)c3)C2)c1. The number of hydrogen-bond acceptors (Lipinski definition) is 6. The highest BCUT2D eigenvalue weighted by Gasteiger charge is 2.38. The van der Waals surface area contributed by atoms with Gasteiger partial charge in [0.15, 0.2) is 0 Å². The van der Waals surface area contributed by atoms with Crippen LogP contribution >= 0.6 is 0 Å². The van der Waals surface area contributed by atoms with Gasteiger partial charge in [0.2, 0.25) is 10.0 Å². The van der Waals surface area contributed by atoms with E-state index in [1.54, 1.807) is 30.3 Å². The van der Waals surface area contributed by atoms with Crippen molar-refractivity contribution in [3.05, 3.63) is 89.7 Å². The molecule has 1 aliphatic heterocycles. The highest BCUT2D eigenvalue weighted by atomic mass is 32.2. The molecule has 35 heavy (non-hydrogen) atoms. The second-order valence-corrected chi connectivity index (χ2v) is 11.7. The van der Waals surface area contributed by atoms with E-state index in [1.165, 1.54) is 56.5 Å². The first-order chi connectivity index (χ1) is 16.6. The van der Waals surface area contributed by atoms with Crippen molar-refractivity contribution in [1.82, 2.24) is 4.41 Å². The van der Waals surface area contributed by atoms with Crippen molar-refractivity contribution in [2.24, 2.45) is 5.10 Å². The van der Waals surface area contributed by atoms with Crippen molar-refractivity contribution >= 4 is 31.4 Å². The Labute approximate surface area is 204 Å². The van der Waals surface area contributed by atoms with Gasteiger partial charge in [0.05, 0.1) is 29.5 Å². The molecule has 3 aromatic rings. The van der Waals surface area contributed by atoms with Gasteiger partial charge in [-0.3, -0.25) is 4.72 Å². The zero-order valence-electron chi connectivity index (χ0n) is 19.0. The molecule has 4 rings (SSSR count). The van der Waals surface area contributed by atoms with Gasteiger partial charge in [0.1, 0.15) is 11.6 Å². The lowest BCUT2D eigenvalue weighted by Gasteiger charge is -2.23. The summed E-state index contributed by atoms with van der Waals surface area (Å²) in [6.45, 7) is 1.53. The number of ether oxygens (including phenoxy) is 1. The van der Waals surface area contributed by atoms with Crippen molar-refractivity contribution in [2.45, 2.75) is 24.3 Å². The summed E-state index contributed by atoms with van der Waals surface area (Å²) in [5.74, 6) is -0.0791. The fraction of sp³-hybridized carbons (Fsp3) is 0.208. The lowest BCUT2D eigenvalue weighted by molar-refractivity contribution is 0.370. The molecule has 0 fully saturated rings. The summed E-state index contributed by atoms with van der Waals surface area (Å²) in [5.41, 5.74) is 1.76. The lowest BCUT2D eigenvalue weighted by atomic mass is 9.99. The van der Waals surface area contributed by atoms with Crippen molar-refractivity contribution in [2.75, 3.05) is 17.6 Å². The van der Waals surface area contributed by atoms with Gasteiger partial charge < -0.3 is 4.74 Å². The molecule has 1 N–H and O–H groups in total. The van der Waals surface area contributed by atoms with Crippen LogP contribution in [0.1, 0.15) is 30.5 Å². The number of rotatable bonds is 8. The number of methoxy groups -OCH3 is 1. The molecule has 0 spiro atoms. The average Bonchev–Trinajstić information content (AvgIpc) is 3.31. The van der Waals surface area contributed by atoms with Crippen LogP contribution in [0.3, 0.4) is 0 Å². The smallest absolute Gasteiger partial charge is 0.279 e. The molecule has 3 aromatic carbocycles. The maximum absolute atomic E-state index is 14.0. The zero-order chi connectivity index (χ0) is 25.2. The summed E-state index contributed by atoms with van der Waals surface area (Å²) < 4.78 is 73.7. The Bertz CT molecular complexity index is 1470. The molecular weight excluding hydrogens is 493 g/mol. The predicted molar refractivity (Wildman–Crippen MR) is 132 cm³/mol. The van der Waals surface area contributed by atoms with E-state index in [0.717, 1.165) is 4.41 Å². The molecule has 1 atom stereocenters. The Morgan fingerprint density at radius 1 is 1.03 bits per heavy atom. The molecule has 0 amide bonds. The van der Waals surface area contributed by atoms with Gasteiger partial charge in [0.25, 0.3) is 10.0 Å². The standard InChI is InChI=1S/C24H24FN3O5S2/c1-3-34(29,30)27-20-9-5-6-17(15-20)23-16-24(18-7-4-8-19(25)14-18)28(26-23)35(31,32)22-12-10-21(33-2)11-13-22/h4-15,24,27H,3,16H2,1-2H3. The van der Waals surface area contributed by atoms with Gasteiger partial charge in [0, 0.05) is 12.1 Å². The van der Waals surface area contributed by atoms with Crippen LogP contribution in [0.2, 0.25) is 0 Å².